The Morgan fingerprint density at radius 2 is 1.23 bits per heavy atom. The van der Waals surface area contributed by atoms with E-state index in [1.807, 2.05) is 36.4 Å². The Labute approximate surface area is 239 Å². The summed E-state index contributed by atoms with van der Waals surface area (Å²) in [5, 5.41) is 15.6. The van der Waals surface area contributed by atoms with E-state index in [1.165, 1.54) is 0 Å². The van der Waals surface area contributed by atoms with Crippen molar-refractivity contribution >= 4 is 17.7 Å². The van der Waals surface area contributed by atoms with Crippen LogP contribution in [0.15, 0.2) is 60.7 Å². The second-order valence-corrected chi connectivity index (χ2v) is 9.89. The average molecular weight is 553 g/mol. The second-order valence-electron chi connectivity index (χ2n) is 9.89. The molecule has 0 bridgehead atoms. The smallest absolute Gasteiger partial charge is 0.251 e. The largest absolute Gasteiger partial charge is 0.356 e. The van der Waals surface area contributed by atoms with Crippen molar-refractivity contribution in [1.82, 2.24) is 26.6 Å². The fourth-order valence-corrected chi connectivity index (χ4v) is 4.17. The number of benzene rings is 2. The molecule has 0 radical (unpaired) electrons. The average Bonchev–Trinajstić information content (AvgIpc) is 2.97. The summed E-state index contributed by atoms with van der Waals surface area (Å²) in [5.41, 5.74) is 6.98. The van der Waals surface area contributed by atoms with Crippen molar-refractivity contribution in [1.29, 1.82) is 0 Å². The number of amides is 3. The minimum atomic E-state index is -0.632. The Hall–Kier alpha value is -3.27. The Balaban J connectivity index is 1.66. The van der Waals surface area contributed by atoms with Gasteiger partial charge in [-0.25, -0.2) is 0 Å². The van der Waals surface area contributed by atoms with Crippen LogP contribution in [0.5, 0.6) is 0 Å². The van der Waals surface area contributed by atoms with Crippen molar-refractivity contribution in [3.05, 3.63) is 71.8 Å². The lowest BCUT2D eigenvalue weighted by molar-refractivity contribution is -0.123. The number of nitrogens with one attached hydrogen (secondary N) is 5. The number of unbranched alkanes of at least 4 members (excludes halogenated alkanes) is 2. The normalized spacial score (nSPS) is 11.5. The van der Waals surface area contributed by atoms with Gasteiger partial charge in [-0.2, -0.15) is 0 Å². The number of carbonyl (C=O) groups is 3. The van der Waals surface area contributed by atoms with Crippen LogP contribution in [0.25, 0.3) is 0 Å². The van der Waals surface area contributed by atoms with Crippen molar-refractivity contribution < 1.29 is 14.4 Å². The molecule has 9 nitrogen and oxygen atoms in total. The van der Waals surface area contributed by atoms with E-state index in [1.54, 1.807) is 24.3 Å². The minimum Gasteiger partial charge on any atom is -0.356 e. The molecule has 2 aromatic rings. The van der Waals surface area contributed by atoms with Crippen molar-refractivity contribution in [3.8, 4) is 0 Å². The second kappa shape index (κ2) is 21.5. The molecule has 7 N–H and O–H groups in total. The van der Waals surface area contributed by atoms with E-state index in [9.17, 15) is 14.4 Å². The molecular formula is C31H48N6O3. The van der Waals surface area contributed by atoms with Crippen molar-refractivity contribution in [2.75, 3.05) is 45.8 Å². The first-order valence-electron chi connectivity index (χ1n) is 14.7. The Bertz CT molecular complexity index is 958. The van der Waals surface area contributed by atoms with Crippen LogP contribution < -0.4 is 32.3 Å². The third-order valence-electron chi connectivity index (χ3n) is 6.45. The molecule has 0 aliphatic carbocycles. The molecule has 9 heteroatoms. The SMILES string of the molecule is NCCCNCCCCNCCCNC(=O)[C@H](CCCCNC(=O)Cc1ccccc1)NC(=O)c1ccccc1. The third kappa shape index (κ3) is 15.4. The molecule has 0 aromatic heterocycles. The third-order valence-corrected chi connectivity index (χ3v) is 6.45. The summed E-state index contributed by atoms with van der Waals surface area (Å²) >= 11 is 0. The lowest BCUT2D eigenvalue weighted by Gasteiger charge is -2.19. The highest BCUT2D eigenvalue weighted by atomic mass is 16.2. The highest BCUT2D eigenvalue weighted by Crippen LogP contribution is 2.05. The fraction of sp³-hybridized carbons (Fsp3) is 0.516. The van der Waals surface area contributed by atoms with Gasteiger partial charge in [0.25, 0.3) is 5.91 Å². The van der Waals surface area contributed by atoms with Gasteiger partial charge in [-0.05, 0) is 95.4 Å². The zero-order chi connectivity index (χ0) is 28.7. The van der Waals surface area contributed by atoms with Crippen LogP contribution in [0, 0.1) is 0 Å². The molecule has 0 saturated carbocycles. The molecule has 0 saturated heterocycles. The van der Waals surface area contributed by atoms with E-state index in [-0.39, 0.29) is 17.7 Å². The van der Waals surface area contributed by atoms with Gasteiger partial charge in [0.15, 0.2) is 0 Å². The fourth-order valence-electron chi connectivity index (χ4n) is 4.17. The van der Waals surface area contributed by atoms with Crippen LogP contribution in [0.3, 0.4) is 0 Å². The van der Waals surface area contributed by atoms with Crippen LogP contribution in [0.1, 0.15) is 60.9 Å². The van der Waals surface area contributed by atoms with Gasteiger partial charge in [0.1, 0.15) is 6.04 Å². The molecule has 0 heterocycles. The summed E-state index contributed by atoms with van der Waals surface area (Å²) in [7, 11) is 0. The van der Waals surface area contributed by atoms with Crippen LogP contribution in [0.4, 0.5) is 0 Å². The molecule has 220 valence electrons. The monoisotopic (exact) mass is 552 g/mol. The van der Waals surface area contributed by atoms with Crippen LogP contribution >= 0.6 is 0 Å². The molecule has 2 rings (SSSR count). The van der Waals surface area contributed by atoms with Gasteiger partial charge in [-0.3, -0.25) is 14.4 Å². The predicted molar refractivity (Wildman–Crippen MR) is 161 cm³/mol. The van der Waals surface area contributed by atoms with Gasteiger partial charge >= 0.3 is 0 Å². The molecule has 40 heavy (non-hydrogen) atoms. The van der Waals surface area contributed by atoms with E-state index < -0.39 is 6.04 Å². The Morgan fingerprint density at radius 3 is 1.90 bits per heavy atom. The highest BCUT2D eigenvalue weighted by Gasteiger charge is 2.20. The van der Waals surface area contributed by atoms with Crippen molar-refractivity contribution in [2.24, 2.45) is 5.73 Å². The summed E-state index contributed by atoms with van der Waals surface area (Å²) in [4.78, 5) is 37.8. The van der Waals surface area contributed by atoms with E-state index in [0.717, 1.165) is 70.4 Å². The summed E-state index contributed by atoms with van der Waals surface area (Å²) in [5.74, 6) is -0.470. The number of hydrogen-bond acceptors (Lipinski definition) is 6. The van der Waals surface area contributed by atoms with Crippen molar-refractivity contribution in [2.45, 2.75) is 57.4 Å². The first kappa shape index (κ1) is 32.9. The standard InChI is InChI=1S/C31H48N6O3/c32-18-11-21-33-19-9-10-20-34-22-12-24-36-31(40)28(37-30(39)27-15-5-2-6-16-27)17-7-8-23-35-29(38)25-26-13-3-1-4-14-26/h1-6,13-16,28,33-34H,7-12,17-25,32H2,(H,35,38)(H,36,40)(H,37,39)/t28-/m0/s1. The van der Waals surface area contributed by atoms with E-state index in [0.29, 0.717) is 37.9 Å². The topological polar surface area (TPSA) is 137 Å². The summed E-state index contributed by atoms with van der Waals surface area (Å²) in [6.07, 6.45) is 6.30. The lowest BCUT2D eigenvalue weighted by atomic mass is 10.1. The number of hydrogen-bond donors (Lipinski definition) is 6. The Kier molecular flexibility index (Phi) is 17.7. The maximum atomic E-state index is 12.9. The lowest BCUT2D eigenvalue weighted by Crippen LogP contribution is -2.47. The maximum absolute atomic E-state index is 12.9. The van der Waals surface area contributed by atoms with Gasteiger partial charge in [0, 0.05) is 18.7 Å². The number of rotatable bonds is 22. The molecule has 0 spiro atoms. The molecule has 0 aliphatic heterocycles. The summed E-state index contributed by atoms with van der Waals surface area (Å²) in [6.45, 7) is 5.55. The molecule has 1 atom stereocenters. The summed E-state index contributed by atoms with van der Waals surface area (Å²) in [6, 6.07) is 17.9. The van der Waals surface area contributed by atoms with E-state index >= 15 is 0 Å². The zero-order valence-electron chi connectivity index (χ0n) is 23.8. The maximum Gasteiger partial charge on any atom is 0.251 e. The molecule has 0 unspecified atom stereocenters. The first-order chi connectivity index (χ1) is 19.6. The van der Waals surface area contributed by atoms with Gasteiger partial charge < -0.3 is 32.3 Å². The molecule has 3 amide bonds. The minimum absolute atomic E-state index is 0.0225. The molecular weight excluding hydrogens is 504 g/mol. The molecule has 2 aromatic carbocycles. The van der Waals surface area contributed by atoms with Crippen molar-refractivity contribution in [3.63, 3.8) is 0 Å². The Morgan fingerprint density at radius 1 is 0.650 bits per heavy atom. The van der Waals surface area contributed by atoms with Crippen LogP contribution in [-0.4, -0.2) is 69.6 Å². The highest BCUT2D eigenvalue weighted by molar-refractivity contribution is 5.97. The number of nitrogens with two attached hydrogens (primary N) is 1. The first-order valence-corrected chi connectivity index (χ1v) is 14.7. The van der Waals surface area contributed by atoms with E-state index in [4.69, 9.17) is 5.73 Å². The van der Waals surface area contributed by atoms with Crippen LogP contribution in [0.2, 0.25) is 0 Å². The predicted octanol–water partition coefficient (Wildman–Crippen LogP) is 2.13. The molecule has 0 fully saturated rings. The zero-order valence-corrected chi connectivity index (χ0v) is 23.8. The van der Waals surface area contributed by atoms with Gasteiger partial charge in [-0.1, -0.05) is 48.5 Å². The molecule has 0 aliphatic rings. The van der Waals surface area contributed by atoms with Gasteiger partial charge in [0.2, 0.25) is 11.8 Å². The summed E-state index contributed by atoms with van der Waals surface area (Å²) < 4.78 is 0. The van der Waals surface area contributed by atoms with Gasteiger partial charge in [-0.15, -0.1) is 0 Å². The quantitative estimate of drug-likeness (QED) is 0.124. The van der Waals surface area contributed by atoms with Gasteiger partial charge in [0.05, 0.1) is 6.42 Å². The number of carbonyl (C=O) groups excluding carboxylic acids is 3. The van der Waals surface area contributed by atoms with Crippen LogP contribution in [-0.2, 0) is 16.0 Å². The van der Waals surface area contributed by atoms with E-state index in [2.05, 4.69) is 26.6 Å².